The van der Waals surface area contributed by atoms with E-state index in [-0.39, 0.29) is 17.8 Å². The van der Waals surface area contributed by atoms with Gasteiger partial charge in [0.15, 0.2) is 0 Å². The summed E-state index contributed by atoms with van der Waals surface area (Å²) in [5.41, 5.74) is -1.00. The fourth-order valence-corrected chi connectivity index (χ4v) is 1.77. The highest BCUT2D eigenvalue weighted by Crippen LogP contribution is 2.30. The topological polar surface area (TPSA) is 78.1 Å². The smallest absolute Gasteiger partial charge is 0.416 e. The van der Waals surface area contributed by atoms with Crippen LogP contribution in [0.3, 0.4) is 0 Å². The molecule has 1 aromatic heterocycles. The molecule has 2 N–H and O–H groups in total. The van der Waals surface area contributed by atoms with Crippen molar-refractivity contribution in [2.75, 3.05) is 5.32 Å². The van der Waals surface area contributed by atoms with E-state index >= 15 is 0 Å². The number of anilines is 1. The molecule has 0 aliphatic rings. The summed E-state index contributed by atoms with van der Waals surface area (Å²) in [5.74, 6) is -0.167. The van der Waals surface area contributed by atoms with Crippen molar-refractivity contribution in [2.45, 2.75) is 12.7 Å². The number of nitriles is 1. The zero-order chi connectivity index (χ0) is 17.6. The van der Waals surface area contributed by atoms with E-state index in [0.717, 1.165) is 18.3 Å². The first kappa shape index (κ1) is 17.1. The summed E-state index contributed by atoms with van der Waals surface area (Å²) in [5, 5.41) is 14.0. The van der Waals surface area contributed by atoms with Crippen molar-refractivity contribution < 1.29 is 22.4 Å². The van der Waals surface area contributed by atoms with Crippen LogP contribution < -0.4 is 10.6 Å². The lowest BCUT2D eigenvalue weighted by atomic mass is 10.2. The average molecular weight is 335 g/mol. The molecule has 0 aliphatic carbocycles. The lowest BCUT2D eigenvalue weighted by molar-refractivity contribution is -0.137. The van der Waals surface area contributed by atoms with Gasteiger partial charge in [-0.05, 0) is 30.3 Å². The molecular formula is C16H12F3N3O2. The summed E-state index contributed by atoms with van der Waals surface area (Å²) in [4.78, 5) is 11.9. The molecule has 0 saturated carbocycles. The monoisotopic (exact) mass is 335 g/mol. The molecule has 0 spiro atoms. The highest BCUT2D eigenvalue weighted by atomic mass is 19.4. The molecule has 24 heavy (non-hydrogen) atoms. The Morgan fingerprint density at radius 3 is 2.71 bits per heavy atom. The van der Waals surface area contributed by atoms with E-state index in [9.17, 15) is 18.0 Å². The van der Waals surface area contributed by atoms with Gasteiger partial charge in [-0.2, -0.15) is 18.4 Å². The molecule has 0 unspecified atom stereocenters. The molecule has 8 heteroatoms. The maximum atomic E-state index is 12.6. The van der Waals surface area contributed by atoms with Gasteiger partial charge in [0.1, 0.15) is 17.4 Å². The van der Waals surface area contributed by atoms with Crippen molar-refractivity contribution >= 4 is 11.6 Å². The van der Waals surface area contributed by atoms with Gasteiger partial charge in [-0.15, -0.1) is 0 Å². The minimum atomic E-state index is -4.47. The van der Waals surface area contributed by atoms with E-state index in [2.05, 4.69) is 10.6 Å². The second-order valence-electron chi connectivity index (χ2n) is 4.65. The molecule has 1 amide bonds. The van der Waals surface area contributed by atoms with Crippen molar-refractivity contribution in [1.29, 1.82) is 5.26 Å². The summed E-state index contributed by atoms with van der Waals surface area (Å²) in [6.07, 6.45) is -1.98. The number of rotatable bonds is 5. The van der Waals surface area contributed by atoms with Crippen molar-refractivity contribution in [3.63, 3.8) is 0 Å². The molecule has 5 nitrogen and oxygen atoms in total. The summed E-state index contributed by atoms with van der Waals surface area (Å²) in [6.45, 7) is 0.0917. The minimum absolute atomic E-state index is 0.0917. The summed E-state index contributed by atoms with van der Waals surface area (Å²) in [6, 6.07) is 9.40. The van der Waals surface area contributed by atoms with E-state index in [4.69, 9.17) is 9.68 Å². The van der Waals surface area contributed by atoms with Gasteiger partial charge in [-0.3, -0.25) is 4.79 Å². The molecule has 0 radical (unpaired) electrons. The Morgan fingerprint density at radius 2 is 2.08 bits per heavy atom. The first-order valence-corrected chi connectivity index (χ1v) is 6.75. The predicted molar refractivity (Wildman–Crippen MR) is 79.3 cm³/mol. The van der Waals surface area contributed by atoms with Crippen LogP contribution in [0, 0.1) is 11.3 Å². The number of amides is 1. The fourth-order valence-electron chi connectivity index (χ4n) is 1.77. The van der Waals surface area contributed by atoms with Crippen LogP contribution in [0.4, 0.5) is 18.9 Å². The van der Waals surface area contributed by atoms with E-state index in [1.807, 2.05) is 0 Å². The maximum Gasteiger partial charge on any atom is 0.416 e. The second kappa shape index (κ2) is 7.37. The molecule has 0 aliphatic heterocycles. The number of benzene rings is 1. The van der Waals surface area contributed by atoms with Gasteiger partial charge < -0.3 is 15.1 Å². The third kappa shape index (κ3) is 4.64. The van der Waals surface area contributed by atoms with Crippen molar-refractivity contribution in [2.24, 2.45) is 0 Å². The molecule has 1 heterocycles. The van der Waals surface area contributed by atoms with E-state index in [0.29, 0.717) is 5.76 Å². The molecule has 0 saturated heterocycles. The lowest BCUT2D eigenvalue weighted by Crippen LogP contribution is -2.24. The van der Waals surface area contributed by atoms with Crippen LogP contribution in [0.2, 0.25) is 0 Å². The summed E-state index contributed by atoms with van der Waals surface area (Å²) >= 11 is 0. The summed E-state index contributed by atoms with van der Waals surface area (Å²) < 4.78 is 42.9. The number of carbonyl (C=O) groups is 1. The Kier molecular flexibility index (Phi) is 5.27. The molecule has 2 rings (SSSR count). The third-order valence-corrected chi connectivity index (χ3v) is 2.94. The SMILES string of the molecule is N#CC(=CNc1cccc(C(F)(F)F)c1)C(=O)NCc1ccco1. The minimum Gasteiger partial charge on any atom is -0.467 e. The Balaban J connectivity index is 2.03. The van der Waals surface area contributed by atoms with Gasteiger partial charge in [-0.25, -0.2) is 0 Å². The lowest BCUT2D eigenvalue weighted by Gasteiger charge is -2.09. The first-order chi connectivity index (χ1) is 11.4. The largest absolute Gasteiger partial charge is 0.467 e. The van der Waals surface area contributed by atoms with Gasteiger partial charge in [0.25, 0.3) is 5.91 Å². The molecule has 2 aromatic rings. The number of hydrogen-bond donors (Lipinski definition) is 2. The number of nitrogens with one attached hydrogen (secondary N) is 2. The Hall–Kier alpha value is -3.21. The maximum absolute atomic E-state index is 12.6. The number of alkyl halides is 3. The summed E-state index contributed by atoms with van der Waals surface area (Å²) in [7, 11) is 0. The van der Waals surface area contributed by atoms with Gasteiger partial charge in [0.2, 0.25) is 0 Å². The van der Waals surface area contributed by atoms with Crippen LogP contribution in [-0.4, -0.2) is 5.91 Å². The normalized spacial score (nSPS) is 11.7. The highest BCUT2D eigenvalue weighted by Gasteiger charge is 2.30. The number of halogens is 3. The molecule has 1 aromatic carbocycles. The van der Waals surface area contributed by atoms with Crippen LogP contribution in [0.5, 0.6) is 0 Å². The number of carbonyl (C=O) groups excluding carboxylic acids is 1. The van der Waals surface area contributed by atoms with Crippen molar-refractivity contribution in [1.82, 2.24) is 5.32 Å². The van der Waals surface area contributed by atoms with Crippen LogP contribution >= 0.6 is 0 Å². The van der Waals surface area contributed by atoms with E-state index in [1.165, 1.54) is 18.4 Å². The highest BCUT2D eigenvalue weighted by molar-refractivity contribution is 5.97. The van der Waals surface area contributed by atoms with Crippen molar-refractivity contribution in [3.05, 3.63) is 65.8 Å². The van der Waals surface area contributed by atoms with Gasteiger partial charge in [0.05, 0.1) is 18.4 Å². The second-order valence-corrected chi connectivity index (χ2v) is 4.65. The molecular weight excluding hydrogens is 323 g/mol. The van der Waals surface area contributed by atoms with Gasteiger partial charge in [0, 0.05) is 11.9 Å². The predicted octanol–water partition coefficient (Wildman–Crippen LogP) is 3.43. The Morgan fingerprint density at radius 1 is 1.29 bits per heavy atom. The van der Waals surface area contributed by atoms with Crippen LogP contribution in [0.15, 0.2) is 58.9 Å². The number of hydrogen-bond acceptors (Lipinski definition) is 4. The van der Waals surface area contributed by atoms with Crippen LogP contribution in [0.1, 0.15) is 11.3 Å². The molecule has 0 fully saturated rings. The van der Waals surface area contributed by atoms with Gasteiger partial charge >= 0.3 is 6.18 Å². The first-order valence-electron chi connectivity index (χ1n) is 6.75. The standard InChI is InChI=1S/C16H12F3N3O2/c17-16(18,19)12-3-1-4-13(7-12)21-9-11(8-20)15(23)22-10-14-5-2-6-24-14/h1-7,9,21H,10H2,(H,22,23). The number of furan rings is 1. The van der Waals surface area contributed by atoms with Crippen LogP contribution in [-0.2, 0) is 17.5 Å². The molecule has 0 bridgehead atoms. The third-order valence-electron chi connectivity index (χ3n) is 2.94. The van der Waals surface area contributed by atoms with Crippen LogP contribution in [0.25, 0.3) is 0 Å². The average Bonchev–Trinajstić information content (AvgIpc) is 3.06. The zero-order valence-electron chi connectivity index (χ0n) is 12.2. The van der Waals surface area contributed by atoms with E-state index in [1.54, 1.807) is 18.2 Å². The molecule has 124 valence electrons. The zero-order valence-corrected chi connectivity index (χ0v) is 12.2. The van der Waals surface area contributed by atoms with E-state index < -0.39 is 17.6 Å². The Labute approximate surface area is 135 Å². The quantitative estimate of drug-likeness (QED) is 0.648. The fraction of sp³-hybridized carbons (Fsp3) is 0.125. The van der Waals surface area contributed by atoms with Crippen molar-refractivity contribution in [3.8, 4) is 6.07 Å². The molecule has 0 atom stereocenters. The number of nitrogens with zero attached hydrogens (tertiary/aromatic N) is 1. The van der Waals surface area contributed by atoms with Gasteiger partial charge in [-0.1, -0.05) is 6.07 Å². The Bertz CT molecular complexity index is 775.